The Morgan fingerprint density at radius 1 is 1.09 bits per heavy atom. The summed E-state index contributed by atoms with van der Waals surface area (Å²) in [7, 11) is 0. The number of hydrogen-bond donors (Lipinski definition) is 2. The maximum atomic E-state index is 12.9. The molecule has 1 aliphatic carbocycles. The van der Waals surface area contributed by atoms with E-state index in [0.29, 0.717) is 52.6 Å². The molecule has 0 amide bonds. The van der Waals surface area contributed by atoms with Gasteiger partial charge in [-0.15, -0.1) is 0 Å². The highest BCUT2D eigenvalue weighted by molar-refractivity contribution is 5.71. The number of anilines is 2. The van der Waals surface area contributed by atoms with Crippen molar-refractivity contribution in [3.63, 3.8) is 0 Å². The van der Waals surface area contributed by atoms with Gasteiger partial charge in [0.2, 0.25) is 0 Å². The second-order valence-corrected chi connectivity index (χ2v) is 8.70. The maximum absolute atomic E-state index is 12.9. The topological polar surface area (TPSA) is 107 Å². The van der Waals surface area contributed by atoms with Gasteiger partial charge in [0.05, 0.1) is 11.4 Å². The Balaban J connectivity index is 1.50. The number of nitrogens with one attached hydrogen (secondary N) is 1. The minimum Gasteiger partial charge on any atom is -0.504 e. The molecule has 182 valence electrons. The second-order valence-electron chi connectivity index (χ2n) is 8.70. The average Bonchev–Trinajstić information content (AvgIpc) is 3.55. The molecule has 5 rings (SSSR count). The minimum absolute atomic E-state index is 0.103. The summed E-state index contributed by atoms with van der Waals surface area (Å²) in [6.45, 7) is 5.98. The van der Waals surface area contributed by atoms with Crippen molar-refractivity contribution >= 4 is 11.6 Å². The van der Waals surface area contributed by atoms with Crippen LogP contribution in [0.3, 0.4) is 0 Å². The van der Waals surface area contributed by atoms with Crippen LogP contribution in [0.15, 0.2) is 30.7 Å². The van der Waals surface area contributed by atoms with E-state index in [1.54, 1.807) is 19.9 Å². The van der Waals surface area contributed by atoms with Crippen LogP contribution in [-0.2, 0) is 12.7 Å². The van der Waals surface area contributed by atoms with Gasteiger partial charge in [-0.25, -0.2) is 19.3 Å². The van der Waals surface area contributed by atoms with Gasteiger partial charge in [-0.3, -0.25) is 4.98 Å². The summed E-state index contributed by atoms with van der Waals surface area (Å²) < 4.78 is 42.2. The fraction of sp³-hybridized carbons (Fsp3) is 0.348. The molecule has 12 heteroatoms. The van der Waals surface area contributed by atoms with Crippen LogP contribution in [0.5, 0.6) is 5.75 Å². The molecule has 0 saturated heterocycles. The second kappa shape index (κ2) is 8.36. The van der Waals surface area contributed by atoms with Gasteiger partial charge in [-0.1, -0.05) is 0 Å². The van der Waals surface area contributed by atoms with E-state index >= 15 is 0 Å². The van der Waals surface area contributed by atoms with Gasteiger partial charge in [0.25, 0.3) is 0 Å². The van der Waals surface area contributed by atoms with E-state index in [2.05, 4.69) is 25.4 Å². The average molecular weight is 484 g/mol. The van der Waals surface area contributed by atoms with Gasteiger partial charge in [0, 0.05) is 29.9 Å². The smallest absolute Gasteiger partial charge is 0.433 e. The number of rotatable bonds is 6. The van der Waals surface area contributed by atoms with Gasteiger partial charge < -0.3 is 10.4 Å². The Morgan fingerprint density at radius 2 is 1.86 bits per heavy atom. The SMILES string of the molecule is Cc1nn(-c2cc(Nc3c(C)c(-c4ccc(C(F)(F)F)nc4)nn3CC3CC3)ncn2)c(C)c1O. The first-order valence-electron chi connectivity index (χ1n) is 11.1. The number of hydrogen-bond acceptors (Lipinski definition) is 7. The first kappa shape index (κ1) is 22.8. The molecule has 4 heterocycles. The van der Waals surface area contributed by atoms with Crippen LogP contribution in [0.25, 0.3) is 17.1 Å². The summed E-state index contributed by atoms with van der Waals surface area (Å²) in [5.74, 6) is 2.26. The molecule has 35 heavy (non-hydrogen) atoms. The van der Waals surface area contributed by atoms with Crippen molar-refractivity contribution in [3.05, 3.63) is 53.4 Å². The molecule has 4 aromatic heterocycles. The Morgan fingerprint density at radius 3 is 2.46 bits per heavy atom. The number of pyridine rings is 1. The summed E-state index contributed by atoms with van der Waals surface area (Å²) in [5, 5.41) is 22.4. The molecule has 1 aliphatic rings. The number of alkyl halides is 3. The zero-order valence-corrected chi connectivity index (χ0v) is 19.3. The third kappa shape index (κ3) is 4.43. The lowest BCUT2D eigenvalue weighted by molar-refractivity contribution is -0.141. The quantitative estimate of drug-likeness (QED) is 0.408. The zero-order chi connectivity index (χ0) is 24.9. The van der Waals surface area contributed by atoms with E-state index in [1.165, 1.54) is 23.3 Å². The number of aryl methyl sites for hydroxylation is 1. The first-order valence-corrected chi connectivity index (χ1v) is 11.1. The number of halogens is 3. The van der Waals surface area contributed by atoms with Crippen LogP contribution in [0.1, 0.15) is 35.5 Å². The lowest BCUT2D eigenvalue weighted by atomic mass is 10.1. The number of aromatic nitrogens is 7. The molecule has 4 aromatic rings. The third-order valence-corrected chi connectivity index (χ3v) is 6.01. The van der Waals surface area contributed by atoms with E-state index in [4.69, 9.17) is 5.10 Å². The van der Waals surface area contributed by atoms with Crippen LogP contribution in [0, 0.1) is 26.7 Å². The molecule has 9 nitrogen and oxygen atoms in total. The van der Waals surface area contributed by atoms with Gasteiger partial charge in [-0.2, -0.15) is 23.4 Å². The first-order chi connectivity index (χ1) is 16.6. The molecule has 1 saturated carbocycles. The lowest BCUT2D eigenvalue weighted by Crippen LogP contribution is -2.09. The molecule has 0 unspecified atom stereocenters. The number of nitrogens with zero attached hydrogens (tertiary/aromatic N) is 7. The van der Waals surface area contributed by atoms with Gasteiger partial charge in [0.15, 0.2) is 11.6 Å². The van der Waals surface area contributed by atoms with E-state index in [0.717, 1.165) is 24.5 Å². The summed E-state index contributed by atoms with van der Waals surface area (Å²) in [4.78, 5) is 12.2. The third-order valence-electron chi connectivity index (χ3n) is 6.01. The molecule has 0 aromatic carbocycles. The molecular formula is C23H23F3N8O. The predicted molar refractivity (Wildman–Crippen MR) is 121 cm³/mol. The molecule has 1 fully saturated rings. The Labute approximate surface area is 198 Å². The highest BCUT2D eigenvalue weighted by atomic mass is 19.4. The highest BCUT2D eigenvalue weighted by Gasteiger charge is 2.32. The molecule has 0 atom stereocenters. The Kier molecular flexibility index (Phi) is 5.45. The molecule has 2 N–H and O–H groups in total. The molecular weight excluding hydrogens is 461 g/mol. The normalized spacial score (nSPS) is 13.9. The summed E-state index contributed by atoms with van der Waals surface area (Å²) in [6, 6.07) is 4.04. The molecule has 0 aliphatic heterocycles. The van der Waals surface area contributed by atoms with E-state index < -0.39 is 11.9 Å². The van der Waals surface area contributed by atoms with Crippen LogP contribution >= 0.6 is 0 Å². The Bertz CT molecular complexity index is 1390. The van der Waals surface area contributed by atoms with E-state index in [1.807, 2.05) is 11.6 Å². The van der Waals surface area contributed by atoms with Crippen molar-refractivity contribution in [1.29, 1.82) is 0 Å². The predicted octanol–water partition coefficient (Wildman–Crippen LogP) is 4.72. The van der Waals surface area contributed by atoms with Gasteiger partial charge >= 0.3 is 6.18 Å². The van der Waals surface area contributed by atoms with Crippen molar-refractivity contribution in [3.8, 4) is 22.8 Å². The maximum Gasteiger partial charge on any atom is 0.433 e. The Hall–Kier alpha value is -3.96. The van der Waals surface area contributed by atoms with Crippen molar-refractivity contribution in [2.24, 2.45) is 5.92 Å². The van der Waals surface area contributed by atoms with E-state index in [9.17, 15) is 18.3 Å². The van der Waals surface area contributed by atoms with Crippen LogP contribution < -0.4 is 5.32 Å². The molecule has 0 radical (unpaired) electrons. The number of aromatic hydroxyl groups is 1. The zero-order valence-electron chi connectivity index (χ0n) is 19.3. The molecule has 0 spiro atoms. The van der Waals surface area contributed by atoms with Crippen molar-refractivity contribution in [2.75, 3.05) is 5.32 Å². The monoisotopic (exact) mass is 484 g/mol. The van der Waals surface area contributed by atoms with Crippen molar-refractivity contribution in [1.82, 2.24) is 34.5 Å². The summed E-state index contributed by atoms with van der Waals surface area (Å²) in [6.07, 6.45) is 0.298. The van der Waals surface area contributed by atoms with Crippen LogP contribution in [0.4, 0.5) is 24.8 Å². The fourth-order valence-electron chi connectivity index (χ4n) is 3.87. The van der Waals surface area contributed by atoms with E-state index in [-0.39, 0.29) is 5.75 Å². The minimum atomic E-state index is -4.50. The van der Waals surface area contributed by atoms with Crippen molar-refractivity contribution < 1.29 is 18.3 Å². The van der Waals surface area contributed by atoms with Crippen LogP contribution in [-0.4, -0.2) is 39.6 Å². The lowest BCUT2D eigenvalue weighted by Gasteiger charge is -2.11. The van der Waals surface area contributed by atoms with Crippen molar-refractivity contribution in [2.45, 2.75) is 46.3 Å². The summed E-state index contributed by atoms with van der Waals surface area (Å²) >= 11 is 0. The highest BCUT2D eigenvalue weighted by Crippen LogP contribution is 2.36. The standard InChI is InChI=1S/C23H23F3N8O/c1-12-20(16-6-7-17(27-9-16)23(24,25)26)32-33(10-15-4-5-15)22(12)30-18-8-19(29-11-28-18)34-14(3)21(35)13(2)31-34/h6-9,11,15,35H,4-5,10H2,1-3H3,(H,28,29,30). The largest absolute Gasteiger partial charge is 0.504 e. The van der Waals surface area contributed by atoms with Crippen LogP contribution in [0.2, 0.25) is 0 Å². The summed E-state index contributed by atoms with van der Waals surface area (Å²) in [5.41, 5.74) is 1.90. The van der Waals surface area contributed by atoms with Gasteiger partial charge in [-0.05, 0) is 51.7 Å². The van der Waals surface area contributed by atoms with Gasteiger partial charge in [0.1, 0.15) is 29.4 Å². The fourth-order valence-corrected chi connectivity index (χ4v) is 3.87. The molecule has 0 bridgehead atoms.